The summed E-state index contributed by atoms with van der Waals surface area (Å²) in [7, 11) is -2.62. The van der Waals surface area contributed by atoms with Crippen LogP contribution in [0.25, 0.3) is 5.57 Å². The van der Waals surface area contributed by atoms with E-state index in [0.717, 1.165) is 5.57 Å². The Bertz CT molecular complexity index is 997. The second kappa shape index (κ2) is 11.1. The van der Waals surface area contributed by atoms with Crippen LogP contribution in [0.3, 0.4) is 0 Å². The van der Waals surface area contributed by atoms with Crippen molar-refractivity contribution in [2.45, 2.75) is 119 Å². The lowest BCUT2D eigenvalue weighted by Crippen LogP contribution is -2.22. The summed E-state index contributed by atoms with van der Waals surface area (Å²) in [5.74, 6) is 0. The average Bonchev–Trinajstić information content (AvgIpc) is 2.62. The van der Waals surface area contributed by atoms with Crippen molar-refractivity contribution < 1.29 is 14.7 Å². The van der Waals surface area contributed by atoms with Gasteiger partial charge in [-0.15, -0.1) is 0 Å². The molecule has 0 saturated heterocycles. The zero-order chi connectivity index (χ0) is 28.6. The molecule has 0 saturated carbocycles. The van der Waals surface area contributed by atoms with E-state index in [9.17, 15) is 0 Å². The molecule has 3 nitrogen and oxygen atoms in total. The van der Waals surface area contributed by atoms with Crippen molar-refractivity contribution in [2.24, 2.45) is 0 Å². The summed E-state index contributed by atoms with van der Waals surface area (Å²) in [6.45, 7) is 37.0. The lowest BCUT2D eigenvalue weighted by Gasteiger charge is -2.33. The van der Waals surface area contributed by atoms with Gasteiger partial charge in [-0.05, 0) is 85.6 Å². The van der Waals surface area contributed by atoms with Crippen LogP contribution in [0.15, 0.2) is 30.8 Å². The van der Waals surface area contributed by atoms with Gasteiger partial charge in [-0.2, -0.15) is 0 Å². The van der Waals surface area contributed by atoms with Crippen molar-refractivity contribution >= 4 is 14.2 Å². The third kappa shape index (κ3) is 8.25. The zero-order valence-electron chi connectivity index (χ0n) is 25.3. The summed E-state index contributed by atoms with van der Waals surface area (Å²) >= 11 is 0. The predicted molar refractivity (Wildman–Crippen MR) is 159 cm³/mol. The molecule has 0 aromatic heterocycles. The van der Waals surface area contributed by atoms with E-state index in [-0.39, 0.29) is 21.7 Å². The quantitative estimate of drug-likeness (QED) is 0.351. The summed E-state index contributed by atoms with van der Waals surface area (Å²) in [5.41, 5.74) is 12.3. The molecule has 0 radical (unpaired) electrons. The van der Waals surface area contributed by atoms with Crippen LogP contribution in [-0.2, 0) is 21.7 Å². The number of hydrogen-bond donors (Lipinski definition) is 3. The van der Waals surface area contributed by atoms with Gasteiger partial charge in [-0.25, -0.2) is 0 Å². The maximum Gasteiger partial charge on any atom is 0.324 e. The summed E-state index contributed by atoms with van der Waals surface area (Å²) in [6, 6.07) is 9.63. The molecule has 0 fully saturated rings. The minimum absolute atomic E-state index is 0.0332. The van der Waals surface area contributed by atoms with Crippen LogP contribution >= 0.6 is 8.60 Å². The Labute approximate surface area is 222 Å². The summed E-state index contributed by atoms with van der Waals surface area (Å²) in [6.07, 6.45) is 0. The van der Waals surface area contributed by atoms with E-state index in [1.54, 1.807) is 0 Å². The normalized spacial score (nSPS) is 12.9. The molecule has 0 amide bonds. The first kappa shape index (κ1) is 32.5. The molecule has 3 N–H and O–H groups in total. The first-order chi connectivity index (χ1) is 15.9. The Balaban J connectivity index is 0.00000150. The summed E-state index contributed by atoms with van der Waals surface area (Å²) in [5, 5.41) is 0. The summed E-state index contributed by atoms with van der Waals surface area (Å²) in [4.78, 5) is 21.7. The highest BCUT2D eigenvalue weighted by atomic mass is 31.2. The van der Waals surface area contributed by atoms with Crippen LogP contribution in [0.4, 0.5) is 0 Å². The van der Waals surface area contributed by atoms with E-state index in [1.807, 2.05) is 0 Å². The Kier molecular flexibility index (Phi) is 10.0. The predicted octanol–water partition coefficient (Wildman–Crippen LogP) is 8.75. The van der Waals surface area contributed by atoms with Crippen molar-refractivity contribution in [3.05, 3.63) is 75.4 Å². The summed E-state index contributed by atoms with van der Waals surface area (Å²) < 4.78 is 0. The molecule has 0 bridgehead atoms. The molecule has 0 aliphatic heterocycles. The van der Waals surface area contributed by atoms with Gasteiger partial charge < -0.3 is 14.7 Å². The van der Waals surface area contributed by atoms with Gasteiger partial charge in [0.2, 0.25) is 0 Å². The Hall–Kier alpha value is -1.51. The van der Waals surface area contributed by atoms with Gasteiger partial charge in [0.1, 0.15) is 0 Å². The molecule has 0 unspecified atom stereocenters. The van der Waals surface area contributed by atoms with Crippen molar-refractivity contribution in [3.8, 4) is 0 Å². The topological polar surface area (TPSA) is 60.7 Å². The molecule has 2 aromatic carbocycles. The van der Waals surface area contributed by atoms with Crippen LogP contribution in [0.1, 0.15) is 128 Å². The molecule has 4 heteroatoms. The van der Waals surface area contributed by atoms with Crippen LogP contribution in [0, 0.1) is 13.8 Å². The number of rotatable bonds is 2. The van der Waals surface area contributed by atoms with Crippen molar-refractivity contribution in [2.75, 3.05) is 0 Å². The maximum absolute atomic E-state index is 7.23. The van der Waals surface area contributed by atoms with Crippen molar-refractivity contribution in [3.63, 3.8) is 0 Å². The first-order valence-electron chi connectivity index (χ1n) is 12.8. The van der Waals surface area contributed by atoms with Gasteiger partial charge >= 0.3 is 8.60 Å². The third-order valence-corrected chi connectivity index (χ3v) is 6.62. The monoisotopic (exact) mass is 514 g/mol. The first-order valence-corrected chi connectivity index (χ1v) is 14.0. The number of aryl methyl sites for hydroxylation is 2. The third-order valence-electron chi connectivity index (χ3n) is 6.62. The minimum Gasteiger partial charge on any atom is -0.328 e. The van der Waals surface area contributed by atoms with E-state index < -0.39 is 8.60 Å². The Morgan fingerprint density at radius 1 is 0.556 bits per heavy atom. The van der Waals surface area contributed by atoms with Crippen LogP contribution in [0.2, 0.25) is 0 Å². The van der Waals surface area contributed by atoms with Gasteiger partial charge in [0.25, 0.3) is 0 Å². The van der Waals surface area contributed by atoms with Gasteiger partial charge in [0.15, 0.2) is 0 Å². The fourth-order valence-electron chi connectivity index (χ4n) is 4.55. The molecule has 0 heterocycles. The van der Waals surface area contributed by atoms with E-state index in [4.69, 9.17) is 21.3 Å². The Morgan fingerprint density at radius 2 is 0.806 bits per heavy atom. The van der Waals surface area contributed by atoms with E-state index in [0.29, 0.717) is 0 Å². The molecule has 2 aromatic rings. The molecule has 0 aliphatic carbocycles. The van der Waals surface area contributed by atoms with E-state index >= 15 is 0 Å². The van der Waals surface area contributed by atoms with Gasteiger partial charge in [-0.3, -0.25) is 0 Å². The van der Waals surface area contributed by atoms with E-state index in [2.05, 4.69) is 121 Å². The van der Waals surface area contributed by atoms with Gasteiger partial charge in [0.05, 0.1) is 0 Å². The SMILES string of the molecule is C=C(c1c(C)cc(C(C)(C)C)cc1C(C)(C)C)c1c(C)cc(C(C)(C)C)cc1C(C)(C)C.OP(O)O. The number of hydrogen-bond acceptors (Lipinski definition) is 3. The fourth-order valence-corrected chi connectivity index (χ4v) is 4.55. The molecule has 202 valence electrons. The van der Waals surface area contributed by atoms with Gasteiger partial charge in [-0.1, -0.05) is 114 Å². The standard InChI is InChI=1S/C32H48.H3O3P/c1-20-16-23(29(4,5)6)18-25(31(10,11)12)27(20)22(3)28-21(2)17-24(30(7,8)9)19-26(28)32(13,14)15;1-4(2)3/h16-19H,3H2,1-2,4-15H3;1-3H. The van der Waals surface area contributed by atoms with Crippen LogP contribution < -0.4 is 0 Å². The number of benzene rings is 2. The maximum atomic E-state index is 7.23. The highest BCUT2D eigenvalue weighted by molar-refractivity contribution is 7.38. The molecule has 36 heavy (non-hydrogen) atoms. The zero-order valence-corrected chi connectivity index (χ0v) is 26.2. The minimum atomic E-state index is -2.62. The van der Waals surface area contributed by atoms with Gasteiger partial charge in [0, 0.05) is 0 Å². The lowest BCUT2D eigenvalue weighted by molar-refractivity contribution is 0.368. The highest BCUT2D eigenvalue weighted by Crippen LogP contribution is 2.43. The van der Waals surface area contributed by atoms with Crippen LogP contribution in [-0.4, -0.2) is 14.7 Å². The van der Waals surface area contributed by atoms with Crippen molar-refractivity contribution in [1.29, 1.82) is 0 Å². The molecule has 0 spiro atoms. The molecule has 2 rings (SSSR count). The van der Waals surface area contributed by atoms with Crippen LogP contribution in [0.5, 0.6) is 0 Å². The largest absolute Gasteiger partial charge is 0.328 e. The average molecular weight is 515 g/mol. The van der Waals surface area contributed by atoms with E-state index in [1.165, 1.54) is 44.5 Å². The molecular weight excluding hydrogens is 463 g/mol. The Morgan fingerprint density at radius 3 is 1.00 bits per heavy atom. The lowest BCUT2D eigenvalue weighted by atomic mass is 9.71. The fraction of sp³-hybridized carbons (Fsp3) is 0.562. The second-order valence-corrected chi connectivity index (χ2v) is 14.7. The van der Waals surface area contributed by atoms with Crippen molar-refractivity contribution in [1.82, 2.24) is 0 Å². The molecular formula is C32H51O3P. The highest BCUT2D eigenvalue weighted by Gasteiger charge is 2.29. The second-order valence-electron chi connectivity index (χ2n) is 14.2. The molecule has 0 aliphatic rings. The molecule has 0 atom stereocenters. The smallest absolute Gasteiger partial charge is 0.324 e.